The number of methoxy groups -OCH3 is 1. The Morgan fingerprint density at radius 1 is 1.19 bits per heavy atom. The Morgan fingerprint density at radius 2 is 1.85 bits per heavy atom. The number of esters is 1. The van der Waals surface area contributed by atoms with Crippen LogP contribution in [0.4, 0.5) is 11.4 Å². The van der Waals surface area contributed by atoms with Crippen molar-refractivity contribution in [3.05, 3.63) is 68.2 Å². The van der Waals surface area contributed by atoms with Gasteiger partial charge < -0.3 is 10.1 Å². The summed E-state index contributed by atoms with van der Waals surface area (Å²) in [5, 5.41) is 14.0. The van der Waals surface area contributed by atoms with E-state index in [4.69, 9.17) is 27.9 Å². The second kappa shape index (κ2) is 8.64. The lowest BCUT2D eigenvalue weighted by Crippen LogP contribution is -2.22. The van der Waals surface area contributed by atoms with Crippen LogP contribution in [0.2, 0.25) is 10.0 Å². The number of nitrogens with zero attached hydrogens (tertiary/aromatic N) is 1. The maximum atomic E-state index is 12.3. The Morgan fingerprint density at radius 3 is 2.38 bits per heavy atom. The lowest BCUT2D eigenvalue weighted by Gasteiger charge is -2.15. The monoisotopic (exact) mass is 396 g/mol. The fourth-order valence-corrected chi connectivity index (χ4v) is 2.74. The Hall–Kier alpha value is -2.64. The Labute approximate surface area is 159 Å². The van der Waals surface area contributed by atoms with Crippen molar-refractivity contribution in [3.63, 3.8) is 0 Å². The molecule has 0 heterocycles. The quantitative estimate of drug-likeness (QED) is 0.448. The first-order valence-electron chi connectivity index (χ1n) is 7.39. The van der Waals surface area contributed by atoms with E-state index in [-0.39, 0.29) is 17.1 Å². The average Bonchev–Trinajstić information content (AvgIpc) is 2.61. The van der Waals surface area contributed by atoms with Gasteiger partial charge in [0, 0.05) is 23.6 Å². The molecule has 0 radical (unpaired) electrons. The van der Waals surface area contributed by atoms with Gasteiger partial charge in [-0.2, -0.15) is 0 Å². The molecule has 2 aromatic rings. The van der Waals surface area contributed by atoms with Crippen molar-refractivity contribution in [1.29, 1.82) is 0 Å². The number of carbonyl (C=O) groups is 2. The molecule has 136 valence electrons. The minimum Gasteiger partial charge on any atom is -0.469 e. The molecule has 7 nitrogen and oxygen atoms in total. The number of benzene rings is 2. The van der Waals surface area contributed by atoms with Crippen LogP contribution < -0.4 is 5.32 Å². The second-order valence-electron chi connectivity index (χ2n) is 5.30. The highest BCUT2D eigenvalue weighted by atomic mass is 35.5. The molecule has 0 fully saturated rings. The molecule has 0 spiro atoms. The van der Waals surface area contributed by atoms with E-state index >= 15 is 0 Å². The van der Waals surface area contributed by atoms with Gasteiger partial charge in [-0.15, -0.1) is 0 Å². The summed E-state index contributed by atoms with van der Waals surface area (Å²) in [7, 11) is 1.20. The maximum Gasteiger partial charge on any atom is 0.313 e. The van der Waals surface area contributed by atoms with Gasteiger partial charge in [-0.1, -0.05) is 35.3 Å². The van der Waals surface area contributed by atoms with Crippen molar-refractivity contribution in [3.8, 4) is 0 Å². The molecule has 2 rings (SSSR count). The van der Waals surface area contributed by atoms with Gasteiger partial charge in [-0.05, 0) is 23.8 Å². The van der Waals surface area contributed by atoms with Gasteiger partial charge in [-0.25, -0.2) is 0 Å². The molecule has 0 saturated heterocycles. The largest absolute Gasteiger partial charge is 0.469 e. The van der Waals surface area contributed by atoms with Crippen molar-refractivity contribution < 1.29 is 19.2 Å². The second-order valence-corrected chi connectivity index (χ2v) is 6.14. The lowest BCUT2D eigenvalue weighted by atomic mass is 9.95. The number of nitrogens with one attached hydrogen (secondary N) is 1. The van der Waals surface area contributed by atoms with Gasteiger partial charge in [0.25, 0.3) is 5.69 Å². The number of non-ortho nitro benzene ring substituents is 1. The summed E-state index contributed by atoms with van der Waals surface area (Å²) in [5.41, 5.74) is 0.669. The predicted molar refractivity (Wildman–Crippen MR) is 97.6 cm³/mol. The molecule has 1 N–H and O–H groups in total. The molecule has 0 aliphatic rings. The van der Waals surface area contributed by atoms with Crippen molar-refractivity contribution in [2.24, 2.45) is 0 Å². The summed E-state index contributed by atoms with van der Waals surface area (Å²) in [6, 6.07) is 9.95. The van der Waals surface area contributed by atoms with Crippen molar-refractivity contribution in [2.45, 2.75) is 12.3 Å². The van der Waals surface area contributed by atoms with Gasteiger partial charge in [0.15, 0.2) is 0 Å². The van der Waals surface area contributed by atoms with Gasteiger partial charge >= 0.3 is 5.97 Å². The maximum absolute atomic E-state index is 12.3. The normalized spacial score (nSPS) is 11.5. The minimum atomic E-state index is -0.910. The van der Waals surface area contributed by atoms with Crippen LogP contribution in [0.1, 0.15) is 17.9 Å². The summed E-state index contributed by atoms with van der Waals surface area (Å²) in [6.45, 7) is 0. The number of nitro benzene ring substituents is 1. The molecule has 0 aromatic heterocycles. The molecular formula is C17H14Cl2N2O5. The first-order valence-corrected chi connectivity index (χ1v) is 8.14. The zero-order valence-corrected chi connectivity index (χ0v) is 15.1. The number of carbonyl (C=O) groups excluding carboxylic acids is 2. The Kier molecular flexibility index (Phi) is 6.54. The number of amides is 1. The third-order valence-electron chi connectivity index (χ3n) is 3.59. The molecular weight excluding hydrogens is 383 g/mol. The SMILES string of the molecule is COC(=O)C(CC(=O)Nc1ccc(Cl)cc1Cl)c1ccc([N+](=O)[O-])cc1. The van der Waals surface area contributed by atoms with Gasteiger partial charge in [0.05, 0.1) is 28.7 Å². The van der Waals surface area contributed by atoms with Gasteiger partial charge in [-0.3, -0.25) is 19.7 Å². The summed E-state index contributed by atoms with van der Waals surface area (Å²) in [5.74, 6) is -2.01. The van der Waals surface area contributed by atoms with Gasteiger partial charge in [0.1, 0.15) is 0 Å². The highest BCUT2D eigenvalue weighted by Crippen LogP contribution is 2.28. The van der Waals surface area contributed by atoms with Crippen molar-refractivity contribution >= 4 is 46.5 Å². The number of hydrogen-bond donors (Lipinski definition) is 1. The number of rotatable bonds is 6. The van der Waals surface area contributed by atoms with Crippen LogP contribution in [0, 0.1) is 10.1 Å². The summed E-state index contributed by atoms with van der Waals surface area (Å²) in [6.07, 6.45) is -0.219. The van der Waals surface area contributed by atoms with Crippen molar-refractivity contribution in [1.82, 2.24) is 0 Å². The summed E-state index contributed by atoms with van der Waals surface area (Å²) in [4.78, 5) is 34.5. The Bertz CT molecular complexity index is 840. The molecule has 0 saturated carbocycles. The fraction of sp³-hybridized carbons (Fsp3) is 0.176. The van der Waals surface area contributed by atoms with E-state index < -0.39 is 22.7 Å². The molecule has 0 aliphatic carbocycles. The van der Waals surface area contributed by atoms with E-state index in [9.17, 15) is 19.7 Å². The van der Waals surface area contributed by atoms with Crippen LogP contribution >= 0.6 is 23.2 Å². The van der Waals surface area contributed by atoms with Crippen LogP contribution in [-0.4, -0.2) is 23.9 Å². The van der Waals surface area contributed by atoms with E-state index in [2.05, 4.69) is 5.32 Å². The average molecular weight is 397 g/mol. The number of hydrogen-bond acceptors (Lipinski definition) is 5. The van der Waals surface area contributed by atoms with Crippen LogP contribution in [-0.2, 0) is 14.3 Å². The van der Waals surface area contributed by atoms with E-state index in [0.29, 0.717) is 16.3 Å². The van der Waals surface area contributed by atoms with Crippen LogP contribution in [0.5, 0.6) is 0 Å². The summed E-state index contributed by atoms with van der Waals surface area (Å²) < 4.78 is 4.74. The Balaban J connectivity index is 2.18. The zero-order chi connectivity index (χ0) is 19.3. The standard InChI is InChI=1S/C17H14Cl2N2O5/c1-26-17(23)13(10-2-5-12(6-3-10)21(24)25)9-16(22)20-15-7-4-11(18)8-14(15)19/h2-8,13H,9H2,1H3,(H,20,22). The number of halogens is 2. The van der Waals surface area contributed by atoms with E-state index in [1.807, 2.05) is 0 Å². The topological polar surface area (TPSA) is 98.5 Å². The number of ether oxygens (including phenoxy) is 1. The molecule has 1 amide bonds. The molecule has 26 heavy (non-hydrogen) atoms. The minimum absolute atomic E-state index is 0.116. The van der Waals surface area contributed by atoms with Crippen LogP contribution in [0.15, 0.2) is 42.5 Å². The van der Waals surface area contributed by atoms with Crippen molar-refractivity contribution in [2.75, 3.05) is 12.4 Å². The third kappa shape index (κ3) is 4.93. The zero-order valence-electron chi connectivity index (χ0n) is 13.6. The lowest BCUT2D eigenvalue weighted by molar-refractivity contribution is -0.384. The highest BCUT2D eigenvalue weighted by molar-refractivity contribution is 6.36. The van der Waals surface area contributed by atoms with E-state index in [1.165, 1.54) is 37.4 Å². The predicted octanol–water partition coefficient (Wildman–Crippen LogP) is 4.19. The molecule has 0 aliphatic heterocycles. The van der Waals surface area contributed by atoms with Crippen LogP contribution in [0.3, 0.4) is 0 Å². The molecule has 9 heteroatoms. The fourth-order valence-electron chi connectivity index (χ4n) is 2.29. The van der Waals surface area contributed by atoms with Crippen LogP contribution in [0.25, 0.3) is 0 Å². The van der Waals surface area contributed by atoms with Gasteiger partial charge in [0.2, 0.25) is 5.91 Å². The molecule has 0 bridgehead atoms. The highest BCUT2D eigenvalue weighted by Gasteiger charge is 2.25. The number of anilines is 1. The molecule has 1 atom stereocenters. The summed E-state index contributed by atoms with van der Waals surface area (Å²) >= 11 is 11.8. The van der Waals surface area contributed by atoms with E-state index in [0.717, 1.165) is 0 Å². The van der Waals surface area contributed by atoms with E-state index in [1.54, 1.807) is 12.1 Å². The first-order chi connectivity index (χ1) is 12.3. The number of nitro groups is 1. The third-order valence-corrected chi connectivity index (χ3v) is 4.13. The molecule has 1 unspecified atom stereocenters. The molecule has 2 aromatic carbocycles. The smallest absolute Gasteiger partial charge is 0.313 e. The first kappa shape index (κ1) is 19.7.